The fraction of sp³-hybridized carbons (Fsp3) is 0.727. The molecule has 4 amide bonds. The highest BCUT2D eigenvalue weighted by Gasteiger charge is 2.40. The van der Waals surface area contributed by atoms with Gasteiger partial charge < -0.3 is 15.4 Å². The van der Waals surface area contributed by atoms with Crippen LogP contribution in [0.3, 0.4) is 0 Å². The van der Waals surface area contributed by atoms with Crippen LogP contribution in [0.1, 0.15) is 53.4 Å². The van der Waals surface area contributed by atoms with E-state index in [1.807, 2.05) is 13.8 Å². The Hall–Kier alpha value is -2.53. The molecule has 0 spiro atoms. The van der Waals surface area contributed by atoms with Crippen LogP contribution >= 0.6 is 11.6 Å². The molecule has 12 heteroatoms. The van der Waals surface area contributed by atoms with E-state index in [9.17, 15) is 28.8 Å². The van der Waals surface area contributed by atoms with Crippen LogP contribution < -0.4 is 16.0 Å². The smallest absolute Gasteiger partial charge is 0.306 e. The first-order valence-electron chi connectivity index (χ1n) is 11.3. The Bertz CT molecular complexity index is 789. The lowest BCUT2D eigenvalue weighted by Gasteiger charge is -2.33. The zero-order valence-electron chi connectivity index (χ0n) is 20.3. The van der Waals surface area contributed by atoms with Crippen molar-refractivity contribution in [3.05, 3.63) is 0 Å². The van der Waals surface area contributed by atoms with E-state index < -0.39 is 53.8 Å². The summed E-state index contributed by atoms with van der Waals surface area (Å²) in [6.45, 7) is 7.13. The highest BCUT2D eigenvalue weighted by Crippen LogP contribution is 2.25. The summed E-state index contributed by atoms with van der Waals surface area (Å²) >= 11 is 5.75. The van der Waals surface area contributed by atoms with Crippen LogP contribution in [-0.2, 0) is 33.5 Å². The normalized spacial score (nSPS) is 18.5. The Morgan fingerprint density at radius 2 is 1.59 bits per heavy atom. The molecule has 0 aromatic carbocycles. The third kappa shape index (κ3) is 8.68. The van der Waals surface area contributed by atoms with E-state index in [2.05, 4.69) is 20.7 Å². The minimum atomic E-state index is -1.05. The van der Waals surface area contributed by atoms with Gasteiger partial charge in [-0.15, -0.1) is 11.6 Å². The summed E-state index contributed by atoms with van der Waals surface area (Å²) in [7, 11) is 1.21. The Balaban J connectivity index is 2.63. The summed E-state index contributed by atoms with van der Waals surface area (Å²) in [5, 5.41) is 7.18. The van der Waals surface area contributed by atoms with Gasteiger partial charge in [0.2, 0.25) is 23.6 Å². The number of esters is 1. The van der Waals surface area contributed by atoms with E-state index in [0.29, 0.717) is 19.4 Å². The molecule has 4 atom stereocenters. The molecule has 0 aromatic rings. The van der Waals surface area contributed by atoms with Gasteiger partial charge in [0.1, 0.15) is 12.1 Å². The molecule has 0 bridgehead atoms. The number of nitrogens with zero attached hydrogens (tertiary/aromatic N) is 1. The number of imide groups is 1. The number of carbonyl (C=O) groups excluding carboxylic acids is 6. The largest absolute Gasteiger partial charge is 0.469 e. The van der Waals surface area contributed by atoms with Crippen molar-refractivity contribution in [1.29, 1.82) is 0 Å². The lowest BCUT2D eigenvalue weighted by Crippen LogP contribution is -2.56. The molecule has 34 heavy (non-hydrogen) atoms. The maximum absolute atomic E-state index is 12.8. The zero-order chi connectivity index (χ0) is 26.0. The number of carbonyl (C=O) groups is 6. The van der Waals surface area contributed by atoms with Gasteiger partial charge in [0.05, 0.1) is 31.5 Å². The van der Waals surface area contributed by atoms with Crippen molar-refractivity contribution in [3.63, 3.8) is 0 Å². The van der Waals surface area contributed by atoms with E-state index in [1.165, 1.54) is 21.0 Å². The van der Waals surface area contributed by atoms with Crippen molar-refractivity contribution in [2.24, 2.45) is 5.92 Å². The second-order valence-corrected chi connectivity index (χ2v) is 8.90. The van der Waals surface area contributed by atoms with Crippen molar-refractivity contribution in [1.82, 2.24) is 20.9 Å². The Morgan fingerprint density at radius 1 is 0.971 bits per heavy atom. The van der Waals surface area contributed by atoms with Crippen molar-refractivity contribution < 1.29 is 33.5 Å². The Morgan fingerprint density at radius 3 is 2.15 bits per heavy atom. The zero-order valence-corrected chi connectivity index (χ0v) is 21.1. The van der Waals surface area contributed by atoms with Gasteiger partial charge in [-0.2, -0.15) is 0 Å². The van der Waals surface area contributed by atoms with Crippen LogP contribution in [0.2, 0.25) is 0 Å². The van der Waals surface area contributed by atoms with Crippen LogP contribution in [0.25, 0.3) is 0 Å². The Kier molecular flexibility index (Phi) is 12.2. The lowest BCUT2D eigenvalue weighted by molar-refractivity contribution is -0.142. The fourth-order valence-corrected chi connectivity index (χ4v) is 3.99. The quantitative estimate of drug-likeness (QED) is 0.247. The topological polar surface area (TPSA) is 151 Å². The molecule has 11 nitrogen and oxygen atoms in total. The molecule has 3 N–H and O–H groups in total. The summed E-state index contributed by atoms with van der Waals surface area (Å²) in [6.07, 6.45) is 0.929. The van der Waals surface area contributed by atoms with Crippen LogP contribution in [0, 0.1) is 5.92 Å². The number of Topliss-reactive ketones (excluding diaryl/α,β-unsaturated/α-hetero) is 1. The van der Waals surface area contributed by atoms with Crippen LogP contribution in [-0.4, -0.2) is 84.0 Å². The van der Waals surface area contributed by atoms with Gasteiger partial charge in [-0.25, -0.2) is 0 Å². The summed E-state index contributed by atoms with van der Waals surface area (Å²) < 4.78 is 4.45. The average molecular weight is 503 g/mol. The standard InChI is InChI=1S/C22H35ClN4O7/c1-12(2)19(16(28)11-23)27-10-6-7-15(27)22(33)26-21(32)14(4)25-20(31)13(3)24-17(29)8-9-18(30)34-5/h12-15,19H,6-11H2,1-5H3,(H,24,29)(H,25,31)(H,26,32,33). The number of hydrogen-bond acceptors (Lipinski definition) is 8. The molecule has 0 saturated carbocycles. The lowest BCUT2D eigenvalue weighted by atomic mass is 9.97. The molecule has 1 aliphatic heterocycles. The summed E-state index contributed by atoms with van der Waals surface area (Å²) in [5.74, 6) is -3.34. The first-order chi connectivity index (χ1) is 15.9. The van der Waals surface area contributed by atoms with Crippen LogP contribution in [0.4, 0.5) is 0 Å². The fourth-order valence-electron chi connectivity index (χ4n) is 3.84. The molecule has 192 valence electrons. The minimum Gasteiger partial charge on any atom is -0.469 e. The third-order valence-electron chi connectivity index (χ3n) is 5.60. The molecule has 0 aromatic heterocycles. The summed E-state index contributed by atoms with van der Waals surface area (Å²) in [4.78, 5) is 74.7. The highest BCUT2D eigenvalue weighted by atomic mass is 35.5. The SMILES string of the molecule is COC(=O)CCC(=O)NC(C)C(=O)NC(C)C(=O)NC(=O)C1CCCN1C(C(=O)CCl)C(C)C. The number of methoxy groups -OCH3 is 1. The van der Waals surface area contributed by atoms with E-state index in [1.54, 1.807) is 4.90 Å². The van der Waals surface area contributed by atoms with Crippen molar-refractivity contribution in [3.8, 4) is 0 Å². The monoisotopic (exact) mass is 502 g/mol. The number of alkyl halides is 1. The molecule has 0 radical (unpaired) electrons. The molecule has 1 saturated heterocycles. The maximum Gasteiger partial charge on any atom is 0.306 e. The van der Waals surface area contributed by atoms with Crippen LogP contribution in [0.5, 0.6) is 0 Å². The van der Waals surface area contributed by atoms with Crippen molar-refractivity contribution in [2.45, 2.75) is 77.5 Å². The second kappa shape index (κ2) is 14.0. The van der Waals surface area contributed by atoms with Crippen molar-refractivity contribution >= 4 is 47.0 Å². The third-order valence-corrected chi connectivity index (χ3v) is 5.86. The Labute approximate surface area is 204 Å². The predicted molar refractivity (Wildman–Crippen MR) is 124 cm³/mol. The number of amides is 4. The van der Waals surface area contributed by atoms with E-state index in [4.69, 9.17) is 11.6 Å². The van der Waals surface area contributed by atoms with Gasteiger partial charge in [-0.1, -0.05) is 13.8 Å². The van der Waals surface area contributed by atoms with Crippen LogP contribution in [0.15, 0.2) is 0 Å². The molecule has 4 unspecified atom stereocenters. The number of likely N-dealkylation sites (tertiary alicyclic amines) is 1. The number of nitrogens with one attached hydrogen (secondary N) is 3. The van der Waals surface area contributed by atoms with Gasteiger partial charge in [-0.3, -0.25) is 39.0 Å². The van der Waals surface area contributed by atoms with Crippen molar-refractivity contribution in [2.75, 3.05) is 19.5 Å². The maximum atomic E-state index is 12.8. The van der Waals surface area contributed by atoms with E-state index in [0.717, 1.165) is 0 Å². The molecule has 1 aliphatic rings. The summed E-state index contributed by atoms with van der Waals surface area (Å²) in [5.41, 5.74) is 0. The number of ether oxygens (including phenoxy) is 1. The van der Waals surface area contributed by atoms with E-state index >= 15 is 0 Å². The molecule has 1 fully saturated rings. The van der Waals surface area contributed by atoms with E-state index in [-0.39, 0.29) is 30.4 Å². The minimum absolute atomic E-state index is 0.0575. The number of rotatable bonds is 12. The molecule has 1 heterocycles. The summed E-state index contributed by atoms with van der Waals surface area (Å²) in [6, 6.07) is -3.19. The molecular weight excluding hydrogens is 468 g/mol. The molecule has 1 rings (SSSR count). The highest BCUT2D eigenvalue weighted by molar-refractivity contribution is 6.28. The molecular formula is C22H35ClN4O7. The first kappa shape index (κ1) is 29.5. The number of halogens is 1. The van der Waals surface area contributed by atoms with Gasteiger partial charge in [0.25, 0.3) is 0 Å². The van der Waals surface area contributed by atoms with Gasteiger partial charge in [0, 0.05) is 6.42 Å². The predicted octanol–water partition coefficient (Wildman–Crippen LogP) is -0.111. The van der Waals surface area contributed by atoms with Gasteiger partial charge in [0.15, 0.2) is 5.78 Å². The van der Waals surface area contributed by atoms with Gasteiger partial charge >= 0.3 is 5.97 Å². The number of hydrogen-bond donors (Lipinski definition) is 3. The van der Waals surface area contributed by atoms with Gasteiger partial charge in [-0.05, 0) is 39.2 Å². The average Bonchev–Trinajstić information content (AvgIpc) is 3.26. The number of ketones is 1. The first-order valence-corrected chi connectivity index (χ1v) is 11.8. The molecule has 0 aliphatic carbocycles. The second-order valence-electron chi connectivity index (χ2n) is 8.63.